The second-order valence-electron chi connectivity index (χ2n) is 4.79. The SMILES string of the molecule is COc1ccc(Br)cc1CN[C@H]1CCCS(=O)(=O)C1. The van der Waals surface area contributed by atoms with Gasteiger partial charge in [-0.2, -0.15) is 0 Å². The van der Waals surface area contributed by atoms with E-state index >= 15 is 0 Å². The van der Waals surface area contributed by atoms with E-state index in [-0.39, 0.29) is 11.8 Å². The maximum Gasteiger partial charge on any atom is 0.151 e. The molecule has 1 aliphatic heterocycles. The Morgan fingerprint density at radius 3 is 2.95 bits per heavy atom. The smallest absolute Gasteiger partial charge is 0.151 e. The Balaban J connectivity index is 2.00. The molecule has 1 aromatic rings. The van der Waals surface area contributed by atoms with Gasteiger partial charge in [-0.25, -0.2) is 8.42 Å². The van der Waals surface area contributed by atoms with Gasteiger partial charge in [-0.05, 0) is 31.0 Å². The lowest BCUT2D eigenvalue weighted by molar-refractivity contribution is 0.403. The molecule has 106 valence electrons. The zero-order valence-corrected chi connectivity index (χ0v) is 13.3. The Morgan fingerprint density at radius 2 is 2.26 bits per heavy atom. The highest BCUT2D eigenvalue weighted by Gasteiger charge is 2.24. The Kier molecular flexibility index (Phi) is 4.86. The van der Waals surface area contributed by atoms with Gasteiger partial charge in [-0.1, -0.05) is 15.9 Å². The third kappa shape index (κ3) is 4.19. The summed E-state index contributed by atoms with van der Waals surface area (Å²) in [6.07, 6.45) is 1.66. The standard InChI is InChI=1S/C13H18BrNO3S/c1-18-13-5-4-11(14)7-10(13)8-15-12-3-2-6-19(16,17)9-12/h4-5,7,12,15H,2-3,6,8-9H2,1H3/t12-/m0/s1. The first-order valence-corrected chi connectivity index (χ1v) is 8.88. The van der Waals surface area contributed by atoms with E-state index in [1.807, 2.05) is 18.2 Å². The van der Waals surface area contributed by atoms with Gasteiger partial charge in [0.1, 0.15) is 5.75 Å². The molecule has 1 fully saturated rings. The predicted molar refractivity (Wildman–Crippen MR) is 79.2 cm³/mol. The molecule has 1 N–H and O–H groups in total. The van der Waals surface area contributed by atoms with Gasteiger partial charge < -0.3 is 10.1 Å². The molecule has 19 heavy (non-hydrogen) atoms. The van der Waals surface area contributed by atoms with Crippen LogP contribution in [-0.4, -0.2) is 33.1 Å². The summed E-state index contributed by atoms with van der Waals surface area (Å²) in [5, 5.41) is 3.32. The zero-order valence-electron chi connectivity index (χ0n) is 10.9. The molecule has 1 heterocycles. The second kappa shape index (κ2) is 6.24. The summed E-state index contributed by atoms with van der Waals surface area (Å²) < 4.78 is 29.4. The molecule has 4 nitrogen and oxygen atoms in total. The van der Waals surface area contributed by atoms with Crippen LogP contribution in [-0.2, 0) is 16.4 Å². The predicted octanol–water partition coefficient (Wildman–Crippen LogP) is 2.12. The minimum absolute atomic E-state index is 0.0439. The van der Waals surface area contributed by atoms with Crippen molar-refractivity contribution in [2.45, 2.75) is 25.4 Å². The summed E-state index contributed by atoms with van der Waals surface area (Å²) in [5.74, 6) is 1.38. The van der Waals surface area contributed by atoms with Crippen LogP contribution in [0.3, 0.4) is 0 Å². The summed E-state index contributed by atoms with van der Waals surface area (Å²) in [6, 6.07) is 5.86. The number of sulfone groups is 1. The topological polar surface area (TPSA) is 55.4 Å². The van der Waals surface area contributed by atoms with Crippen LogP contribution in [0.4, 0.5) is 0 Å². The van der Waals surface area contributed by atoms with Gasteiger partial charge in [-0.3, -0.25) is 0 Å². The Morgan fingerprint density at radius 1 is 1.47 bits per heavy atom. The molecule has 0 spiro atoms. The molecule has 0 saturated carbocycles. The summed E-state index contributed by atoms with van der Waals surface area (Å²) >= 11 is 3.43. The van der Waals surface area contributed by atoms with Gasteiger partial charge >= 0.3 is 0 Å². The molecule has 0 aliphatic carbocycles. The maximum absolute atomic E-state index is 11.6. The van der Waals surface area contributed by atoms with Crippen LogP contribution in [0.1, 0.15) is 18.4 Å². The zero-order chi connectivity index (χ0) is 13.9. The molecule has 1 aliphatic rings. The second-order valence-corrected chi connectivity index (χ2v) is 7.93. The first kappa shape index (κ1) is 14.8. The van der Waals surface area contributed by atoms with Crippen molar-refractivity contribution in [1.82, 2.24) is 5.32 Å². The van der Waals surface area contributed by atoms with E-state index in [0.717, 1.165) is 28.6 Å². The lowest BCUT2D eigenvalue weighted by atomic mass is 10.1. The third-order valence-corrected chi connectivity index (χ3v) is 5.60. The van der Waals surface area contributed by atoms with Gasteiger partial charge in [-0.15, -0.1) is 0 Å². The number of methoxy groups -OCH3 is 1. The molecule has 1 aromatic carbocycles. The molecular formula is C13H18BrNO3S. The Labute approximate surface area is 122 Å². The first-order valence-electron chi connectivity index (χ1n) is 6.26. The lowest BCUT2D eigenvalue weighted by Gasteiger charge is -2.23. The summed E-state index contributed by atoms with van der Waals surface area (Å²) in [4.78, 5) is 0. The first-order chi connectivity index (χ1) is 9.00. The van der Waals surface area contributed by atoms with Gasteiger partial charge in [0.15, 0.2) is 9.84 Å². The number of rotatable bonds is 4. The number of hydrogen-bond donors (Lipinski definition) is 1. The molecule has 6 heteroatoms. The van der Waals surface area contributed by atoms with Crippen molar-refractivity contribution in [2.75, 3.05) is 18.6 Å². The maximum atomic E-state index is 11.6. The van der Waals surface area contributed by atoms with Crippen LogP contribution >= 0.6 is 15.9 Å². The monoisotopic (exact) mass is 347 g/mol. The van der Waals surface area contributed by atoms with Crippen LogP contribution in [0.5, 0.6) is 5.75 Å². The van der Waals surface area contributed by atoms with E-state index < -0.39 is 9.84 Å². The van der Waals surface area contributed by atoms with Gasteiger partial charge in [0, 0.05) is 22.6 Å². The summed E-state index contributed by atoms with van der Waals surface area (Å²) in [6.45, 7) is 0.614. The van der Waals surface area contributed by atoms with E-state index in [2.05, 4.69) is 21.2 Å². The largest absolute Gasteiger partial charge is 0.496 e. The number of nitrogens with one attached hydrogen (secondary N) is 1. The van der Waals surface area contributed by atoms with Gasteiger partial charge in [0.2, 0.25) is 0 Å². The molecule has 1 saturated heterocycles. The molecular weight excluding hydrogens is 330 g/mol. The molecule has 0 bridgehead atoms. The molecule has 1 atom stereocenters. The summed E-state index contributed by atoms with van der Waals surface area (Å²) in [5.41, 5.74) is 1.03. The van der Waals surface area contributed by atoms with E-state index in [1.54, 1.807) is 7.11 Å². The fraction of sp³-hybridized carbons (Fsp3) is 0.538. The normalized spacial score (nSPS) is 22.1. The lowest BCUT2D eigenvalue weighted by Crippen LogP contribution is -2.39. The van der Waals surface area contributed by atoms with E-state index in [0.29, 0.717) is 12.3 Å². The minimum Gasteiger partial charge on any atom is -0.496 e. The quantitative estimate of drug-likeness (QED) is 0.906. The van der Waals surface area contributed by atoms with Crippen LogP contribution in [0.25, 0.3) is 0 Å². The highest BCUT2D eigenvalue weighted by Crippen LogP contribution is 2.23. The number of hydrogen-bond acceptors (Lipinski definition) is 4. The van der Waals surface area contributed by atoms with Crippen molar-refractivity contribution >= 4 is 25.8 Å². The van der Waals surface area contributed by atoms with E-state index in [4.69, 9.17) is 4.74 Å². The third-order valence-electron chi connectivity index (χ3n) is 3.29. The minimum atomic E-state index is -2.86. The fourth-order valence-corrected chi connectivity index (χ4v) is 4.40. The van der Waals surface area contributed by atoms with Gasteiger partial charge in [0.05, 0.1) is 18.6 Å². The van der Waals surface area contributed by atoms with Gasteiger partial charge in [0.25, 0.3) is 0 Å². The van der Waals surface area contributed by atoms with Crippen molar-refractivity contribution < 1.29 is 13.2 Å². The summed E-state index contributed by atoms with van der Waals surface area (Å²) in [7, 11) is -1.23. The van der Waals surface area contributed by atoms with Crippen molar-refractivity contribution in [3.8, 4) is 5.75 Å². The Hall–Kier alpha value is -0.590. The average molecular weight is 348 g/mol. The molecule has 0 unspecified atom stereocenters. The van der Waals surface area contributed by atoms with Crippen LogP contribution in [0, 0.1) is 0 Å². The number of benzene rings is 1. The van der Waals surface area contributed by atoms with Crippen molar-refractivity contribution in [3.63, 3.8) is 0 Å². The van der Waals surface area contributed by atoms with Crippen molar-refractivity contribution in [1.29, 1.82) is 0 Å². The average Bonchev–Trinajstić information content (AvgIpc) is 2.35. The fourth-order valence-electron chi connectivity index (χ4n) is 2.32. The highest BCUT2D eigenvalue weighted by atomic mass is 79.9. The van der Waals surface area contributed by atoms with Crippen molar-refractivity contribution in [2.24, 2.45) is 0 Å². The van der Waals surface area contributed by atoms with E-state index in [1.165, 1.54) is 0 Å². The number of ether oxygens (including phenoxy) is 1. The molecule has 0 radical (unpaired) electrons. The Bertz CT molecular complexity index is 545. The van der Waals surface area contributed by atoms with Crippen LogP contribution < -0.4 is 10.1 Å². The molecule has 0 aromatic heterocycles. The highest BCUT2D eigenvalue weighted by molar-refractivity contribution is 9.10. The van der Waals surface area contributed by atoms with Crippen LogP contribution in [0.15, 0.2) is 22.7 Å². The van der Waals surface area contributed by atoms with Crippen LogP contribution in [0.2, 0.25) is 0 Å². The molecule has 0 amide bonds. The molecule has 2 rings (SSSR count). The van der Waals surface area contributed by atoms with Crippen molar-refractivity contribution in [3.05, 3.63) is 28.2 Å². The number of halogens is 1. The van der Waals surface area contributed by atoms with E-state index in [9.17, 15) is 8.42 Å².